The van der Waals surface area contributed by atoms with Crippen molar-refractivity contribution in [2.75, 3.05) is 32.6 Å². The van der Waals surface area contributed by atoms with Gasteiger partial charge in [-0.2, -0.15) is 4.31 Å². The Morgan fingerprint density at radius 2 is 1.90 bits per heavy atom. The first-order valence-electron chi connectivity index (χ1n) is 12.8. The number of aromatic nitrogens is 1. The van der Waals surface area contributed by atoms with Crippen LogP contribution in [-0.2, 0) is 25.6 Å². The maximum Gasteiger partial charge on any atom is 0.274 e. The summed E-state index contributed by atoms with van der Waals surface area (Å²) < 4.78 is 76.7. The van der Waals surface area contributed by atoms with E-state index in [-0.39, 0.29) is 28.4 Å². The van der Waals surface area contributed by atoms with Gasteiger partial charge in [-0.15, -0.1) is 0 Å². The fraction of sp³-hybridized carbons (Fsp3) is 0.296. The van der Waals surface area contributed by atoms with Crippen LogP contribution in [0.4, 0.5) is 10.1 Å². The van der Waals surface area contributed by atoms with E-state index in [1.165, 1.54) is 50.6 Å². The second-order valence-electron chi connectivity index (χ2n) is 9.68. The third-order valence-corrected chi connectivity index (χ3v) is 11.4. The highest BCUT2D eigenvalue weighted by molar-refractivity contribution is 7.91. The van der Waals surface area contributed by atoms with E-state index in [9.17, 15) is 21.6 Å². The van der Waals surface area contributed by atoms with Crippen molar-refractivity contribution in [3.8, 4) is 5.75 Å². The molecule has 0 aliphatic carbocycles. The van der Waals surface area contributed by atoms with Gasteiger partial charge in [0.2, 0.25) is 26.0 Å². The number of carbonyl (C=O) groups excluding carboxylic acids is 1. The lowest BCUT2D eigenvalue weighted by Crippen LogP contribution is -2.68. The number of benzene rings is 2. The van der Waals surface area contributed by atoms with Gasteiger partial charge in [-0.3, -0.25) is 10.2 Å². The molecule has 2 heterocycles. The minimum atomic E-state index is -4.39. The van der Waals surface area contributed by atoms with Crippen LogP contribution < -0.4 is 15.4 Å². The summed E-state index contributed by atoms with van der Waals surface area (Å²) in [5, 5.41) is 12.1. The molecule has 3 N–H and O–H groups in total. The van der Waals surface area contributed by atoms with E-state index >= 15 is 4.39 Å². The summed E-state index contributed by atoms with van der Waals surface area (Å²) in [4.78, 5) is 16.8. The Morgan fingerprint density at radius 1 is 1.21 bits per heavy atom. The Bertz CT molecular complexity index is 1700. The fourth-order valence-corrected chi connectivity index (χ4v) is 8.10. The number of ether oxygens (including phenoxy) is 1. The van der Waals surface area contributed by atoms with Gasteiger partial charge >= 0.3 is 0 Å². The van der Waals surface area contributed by atoms with Crippen molar-refractivity contribution >= 4 is 37.6 Å². The molecule has 1 amide bonds. The third kappa shape index (κ3) is 5.67. The van der Waals surface area contributed by atoms with Crippen LogP contribution in [0.5, 0.6) is 5.75 Å². The molecule has 2 atom stereocenters. The summed E-state index contributed by atoms with van der Waals surface area (Å²) in [6.07, 6.45) is 1.36. The average Bonchev–Trinajstić information content (AvgIpc) is 2.97. The van der Waals surface area contributed by atoms with Gasteiger partial charge in [0, 0.05) is 31.4 Å². The Morgan fingerprint density at radius 3 is 2.50 bits per heavy atom. The number of methoxy groups -OCH3 is 1. The van der Waals surface area contributed by atoms with E-state index in [4.69, 9.17) is 10.1 Å². The summed E-state index contributed by atoms with van der Waals surface area (Å²) >= 11 is 0. The summed E-state index contributed by atoms with van der Waals surface area (Å²) in [5.41, 5.74) is -1.84. The van der Waals surface area contributed by atoms with E-state index in [1.807, 2.05) is 0 Å². The molecule has 4 rings (SSSR count). The molecule has 1 saturated heterocycles. The number of hydrogen-bond donors (Lipinski definition) is 3. The van der Waals surface area contributed by atoms with Crippen LogP contribution in [0.25, 0.3) is 0 Å². The molecule has 0 spiro atoms. The summed E-state index contributed by atoms with van der Waals surface area (Å²) in [5.74, 6) is -1.52. The van der Waals surface area contributed by atoms with Crippen molar-refractivity contribution in [1.82, 2.24) is 18.9 Å². The highest BCUT2D eigenvalue weighted by Gasteiger charge is 2.54. The molecule has 0 bridgehead atoms. The predicted octanol–water partition coefficient (Wildman–Crippen LogP) is 2.58. The van der Waals surface area contributed by atoms with E-state index < -0.39 is 55.1 Å². The van der Waals surface area contributed by atoms with Crippen molar-refractivity contribution < 1.29 is 30.8 Å². The van der Waals surface area contributed by atoms with Gasteiger partial charge in [-0.05, 0) is 49.4 Å². The van der Waals surface area contributed by atoms with Gasteiger partial charge in [-0.1, -0.05) is 25.1 Å². The van der Waals surface area contributed by atoms with Crippen LogP contribution in [-0.4, -0.2) is 74.8 Å². The highest BCUT2D eigenvalue weighted by Crippen LogP contribution is 2.38. The zero-order valence-corrected chi connectivity index (χ0v) is 25.0. The van der Waals surface area contributed by atoms with Gasteiger partial charge < -0.3 is 15.4 Å². The number of anilines is 1. The second-order valence-corrected chi connectivity index (χ2v) is 13.8. The molecule has 1 fully saturated rings. The molecule has 3 aromatic rings. The molecule has 0 saturated carbocycles. The molecule has 15 heteroatoms. The van der Waals surface area contributed by atoms with Crippen LogP contribution in [0, 0.1) is 11.2 Å². The lowest BCUT2D eigenvalue weighted by Gasteiger charge is -2.47. The number of sulfonamides is 2. The topological polar surface area (TPSA) is 162 Å². The Balaban J connectivity index is 1.76. The van der Waals surface area contributed by atoms with Crippen molar-refractivity contribution in [2.45, 2.75) is 29.5 Å². The van der Waals surface area contributed by atoms with Crippen LogP contribution in [0.2, 0.25) is 0 Å². The molecule has 1 aromatic heterocycles. The molecule has 224 valence electrons. The quantitative estimate of drug-likeness (QED) is 0.330. The van der Waals surface area contributed by atoms with Gasteiger partial charge in [0.05, 0.1) is 23.7 Å². The van der Waals surface area contributed by atoms with Crippen LogP contribution in [0.15, 0.2) is 71.8 Å². The zero-order valence-electron chi connectivity index (χ0n) is 23.3. The number of nitrogens with zero attached hydrogens (tertiary/aromatic N) is 3. The smallest absolute Gasteiger partial charge is 0.274 e. The van der Waals surface area contributed by atoms with Crippen molar-refractivity contribution in [1.29, 1.82) is 5.41 Å². The molecule has 2 aromatic carbocycles. The number of carbonyl (C=O) groups is 1. The number of amides is 1. The second kappa shape index (κ2) is 11.7. The predicted molar refractivity (Wildman–Crippen MR) is 155 cm³/mol. The molecular weight excluding hydrogens is 587 g/mol. The normalized spacial score (nSPS) is 20.2. The first kappa shape index (κ1) is 30.9. The molecule has 42 heavy (non-hydrogen) atoms. The molecule has 1 aliphatic rings. The molecule has 0 unspecified atom stereocenters. The Hall–Kier alpha value is -4.08. The highest BCUT2D eigenvalue weighted by atomic mass is 32.2. The summed E-state index contributed by atoms with van der Waals surface area (Å²) in [6, 6.07) is 14.2. The Kier molecular flexibility index (Phi) is 8.57. The van der Waals surface area contributed by atoms with E-state index in [2.05, 4.69) is 15.6 Å². The minimum Gasteiger partial charge on any atom is -0.495 e. The third-order valence-electron chi connectivity index (χ3n) is 7.17. The standard InChI is InChI=1S/C27H31FN6O6S2/c1-5-34(41(36,37)20-9-7-6-8-10-20)17-24-27(2,32-26(29)33(3)42(24,38)39)21-15-18(11-13-22(21)28)31-25(35)23-14-12-19(40-4)16-30-23/h6-16,24H,5,17H2,1-4H3,(H2,29,32)(H,31,35)/t24-,27+/m1/s1. The van der Waals surface area contributed by atoms with Crippen LogP contribution >= 0.6 is 0 Å². The maximum atomic E-state index is 15.5. The van der Waals surface area contributed by atoms with E-state index in [1.54, 1.807) is 31.2 Å². The number of halogens is 1. The summed E-state index contributed by atoms with van der Waals surface area (Å²) in [7, 11) is -5.91. The van der Waals surface area contributed by atoms with E-state index in [0.717, 1.165) is 17.4 Å². The number of guanidine groups is 1. The maximum absolute atomic E-state index is 15.5. The number of pyridine rings is 1. The van der Waals surface area contributed by atoms with Crippen molar-refractivity contribution in [2.24, 2.45) is 0 Å². The first-order valence-corrected chi connectivity index (χ1v) is 15.7. The van der Waals surface area contributed by atoms with Gasteiger partial charge in [0.15, 0.2) is 0 Å². The first-order chi connectivity index (χ1) is 19.7. The molecule has 0 radical (unpaired) electrons. The van der Waals surface area contributed by atoms with Gasteiger partial charge in [0.25, 0.3) is 5.91 Å². The lowest BCUT2D eigenvalue weighted by atomic mass is 9.87. The molecule has 12 nitrogen and oxygen atoms in total. The van der Waals surface area contributed by atoms with Gasteiger partial charge in [-0.25, -0.2) is 30.5 Å². The molecule has 1 aliphatic heterocycles. The summed E-state index contributed by atoms with van der Waals surface area (Å²) in [6.45, 7) is 2.32. The minimum absolute atomic E-state index is 0.0288. The number of nitrogens with one attached hydrogen (secondary N) is 3. The number of rotatable bonds is 9. The Labute approximate surface area is 244 Å². The zero-order chi connectivity index (χ0) is 30.9. The average molecular weight is 619 g/mol. The lowest BCUT2D eigenvalue weighted by molar-refractivity contribution is 0.102. The fourth-order valence-electron chi connectivity index (χ4n) is 4.69. The van der Waals surface area contributed by atoms with Crippen molar-refractivity contribution in [3.63, 3.8) is 0 Å². The largest absolute Gasteiger partial charge is 0.495 e. The molecular formula is C27H31FN6O6S2. The van der Waals surface area contributed by atoms with E-state index in [0.29, 0.717) is 10.1 Å². The van der Waals surface area contributed by atoms with Crippen LogP contribution in [0.3, 0.4) is 0 Å². The van der Waals surface area contributed by atoms with Gasteiger partial charge in [0.1, 0.15) is 22.5 Å². The number of hydrogen-bond acceptors (Lipinski definition) is 8. The van der Waals surface area contributed by atoms with Crippen LogP contribution in [0.1, 0.15) is 29.9 Å². The van der Waals surface area contributed by atoms with Crippen molar-refractivity contribution in [3.05, 3.63) is 83.9 Å². The monoisotopic (exact) mass is 618 g/mol. The SMILES string of the molecule is CCN(C[C@@H]1[C@](C)(c2cc(NC(=O)c3ccc(OC)cn3)ccc2F)NC(=N)N(C)S1(=O)=O)S(=O)(=O)c1ccccc1.